The molecular weight excluding hydrogens is 308 g/mol. The molecule has 3 N–H and O–H groups in total. The van der Waals surface area contributed by atoms with Gasteiger partial charge in [0, 0.05) is 11.4 Å². The van der Waals surface area contributed by atoms with Crippen molar-refractivity contribution in [3.63, 3.8) is 0 Å². The van der Waals surface area contributed by atoms with Gasteiger partial charge >= 0.3 is 6.03 Å². The maximum absolute atomic E-state index is 12.3. The molecule has 122 valence electrons. The summed E-state index contributed by atoms with van der Waals surface area (Å²) in [5, 5.41) is 7.55. The predicted octanol–water partition coefficient (Wildman–Crippen LogP) is 1.70. The summed E-state index contributed by atoms with van der Waals surface area (Å²) in [6.45, 7) is 3.41. The van der Waals surface area contributed by atoms with E-state index < -0.39 is 17.5 Å². The molecule has 1 saturated heterocycles. The van der Waals surface area contributed by atoms with E-state index >= 15 is 0 Å². The molecule has 0 bridgehead atoms. The molecule has 3 rings (SSSR count). The Bertz CT molecular complexity index is 849. The lowest BCUT2D eigenvalue weighted by Crippen LogP contribution is -2.40. The number of pyridine rings is 1. The van der Waals surface area contributed by atoms with E-state index in [1.54, 1.807) is 56.3 Å². The number of aromatic nitrogens is 1. The number of anilines is 1. The Morgan fingerprint density at radius 3 is 2.58 bits per heavy atom. The number of amides is 4. The smallest absolute Gasteiger partial charge is 0.321 e. The summed E-state index contributed by atoms with van der Waals surface area (Å²) < 4.78 is 0. The molecule has 0 unspecified atom stereocenters. The minimum atomic E-state index is -1.17. The van der Waals surface area contributed by atoms with Crippen LogP contribution in [0.4, 0.5) is 10.5 Å². The molecule has 0 aliphatic carbocycles. The molecule has 7 heteroatoms. The van der Waals surface area contributed by atoms with Gasteiger partial charge in [0.25, 0.3) is 11.8 Å². The van der Waals surface area contributed by atoms with Crippen molar-refractivity contribution < 1.29 is 14.4 Å². The average molecular weight is 324 g/mol. The van der Waals surface area contributed by atoms with Crippen LogP contribution in [-0.2, 0) is 10.3 Å². The molecule has 2 heterocycles. The quantitative estimate of drug-likeness (QED) is 0.748. The van der Waals surface area contributed by atoms with Gasteiger partial charge in [0.1, 0.15) is 11.2 Å². The highest BCUT2D eigenvalue weighted by atomic mass is 16.2. The molecule has 4 amide bonds. The van der Waals surface area contributed by atoms with Crippen LogP contribution in [0.1, 0.15) is 28.7 Å². The maximum atomic E-state index is 12.3. The predicted molar refractivity (Wildman–Crippen MR) is 87.4 cm³/mol. The molecule has 0 spiro atoms. The number of benzene rings is 1. The highest BCUT2D eigenvalue weighted by molar-refractivity contribution is 6.07. The van der Waals surface area contributed by atoms with E-state index in [0.29, 0.717) is 16.9 Å². The highest BCUT2D eigenvalue weighted by Crippen LogP contribution is 2.26. The fourth-order valence-electron chi connectivity index (χ4n) is 2.52. The molecular formula is C17H16N4O3. The van der Waals surface area contributed by atoms with Crippen LogP contribution in [-0.4, -0.2) is 22.8 Å². The van der Waals surface area contributed by atoms with Gasteiger partial charge in [-0.15, -0.1) is 0 Å². The van der Waals surface area contributed by atoms with Gasteiger partial charge in [-0.2, -0.15) is 0 Å². The summed E-state index contributed by atoms with van der Waals surface area (Å²) in [6, 6.07) is 11.4. The van der Waals surface area contributed by atoms with Crippen LogP contribution in [0.2, 0.25) is 0 Å². The average Bonchev–Trinajstić information content (AvgIpc) is 2.81. The molecule has 24 heavy (non-hydrogen) atoms. The van der Waals surface area contributed by atoms with Crippen molar-refractivity contribution in [2.75, 3.05) is 5.32 Å². The molecule has 1 aromatic carbocycles. The van der Waals surface area contributed by atoms with E-state index in [2.05, 4.69) is 20.9 Å². The highest BCUT2D eigenvalue weighted by Gasteiger charge is 2.43. The Morgan fingerprint density at radius 2 is 1.92 bits per heavy atom. The maximum Gasteiger partial charge on any atom is 0.322 e. The zero-order valence-corrected chi connectivity index (χ0v) is 13.2. The van der Waals surface area contributed by atoms with E-state index in [-0.39, 0.29) is 5.91 Å². The van der Waals surface area contributed by atoms with Crippen molar-refractivity contribution in [3.8, 4) is 0 Å². The molecule has 1 atom stereocenters. The number of hydrogen-bond acceptors (Lipinski definition) is 4. The zero-order valence-electron chi connectivity index (χ0n) is 13.2. The summed E-state index contributed by atoms with van der Waals surface area (Å²) in [5.41, 5.74) is 0.962. The summed E-state index contributed by atoms with van der Waals surface area (Å²) in [6.07, 6.45) is 0. The van der Waals surface area contributed by atoms with E-state index in [9.17, 15) is 14.4 Å². The van der Waals surface area contributed by atoms with Crippen molar-refractivity contribution in [2.45, 2.75) is 19.4 Å². The first-order chi connectivity index (χ1) is 11.4. The number of nitrogens with one attached hydrogen (secondary N) is 3. The van der Waals surface area contributed by atoms with Crippen LogP contribution >= 0.6 is 0 Å². The summed E-state index contributed by atoms with van der Waals surface area (Å²) >= 11 is 0. The summed E-state index contributed by atoms with van der Waals surface area (Å²) in [4.78, 5) is 39.9. The van der Waals surface area contributed by atoms with Gasteiger partial charge in [-0.1, -0.05) is 18.2 Å². The molecule has 1 aliphatic rings. The van der Waals surface area contributed by atoms with Crippen LogP contribution in [0.25, 0.3) is 0 Å². The second-order valence-electron chi connectivity index (χ2n) is 5.73. The first-order valence-corrected chi connectivity index (χ1v) is 7.37. The summed E-state index contributed by atoms with van der Waals surface area (Å²) in [5.74, 6) is -0.780. The lowest BCUT2D eigenvalue weighted by Gasteiger charge is -2.21. The Kier molecular flexibility index (Phi) is 3.76. The van der Waals surface area contributed by atoms with Gasteiger partial charge in [0.15, 0.2) is 0 Å². The third kappa shape index (κ3) is 2.83. The third-order valence-electron chi connectivity index (χ3n) is 3.86. The molecule has 0 saturated carbocycles. The third-order valence-corrected chi connectivity index (χ3v) is 3.86. The van der Waals surface area contributed by atoms with Crippen molar-refractivity contribution in [1.29, 1.82) is 0 Å². The SMILES string of the molecule is Cc1cccc(C(=O)Nc2cccc([C@]3(C)NC(=O)NC3=O)c2)n1. The van der Waals surface area contributed by atoms with Gasteiger partial charge in [-0.25, -0.2) is 9.78 Å². The number of hydrogen-bond donors (Lipinski definition) is 3. The number of imide groups is 1. The Labute approximate surface area is 138 Å². The van der Waals surface area contributed by atoms with Crippen LogP contribution in [0.3, 0.4) is 0 Å². The monoisotopic (exact) mass is 324 g/mol. The summed E-state index contributed by atoms with van der Waals surface area (Å²) in [7, 11) is 0. The molecule has 0 radical (unpaired) electrons. The normalized spacial score (nSPS) is 19.6. The minimum Gasteiger partial charge on any atom is -0.321 e. The number of urea groups is 1. The lowest BCUT2D eigenvalue weighted by atomic mass is 9.92. The second kappa shape index (κ2) is 5.77. The van der Waals surface area contributed by atoms with E-state index in [4.69, 9.17) is 0 Å². The number of rotatable bonds is 3. The molecule has 1 aromatic heterocycles. The minimum absolute atomic E-state index is 0.304. The van der Waals surface area contributed by atoms with Crippen molar-refractivity contribution in [3.05, 3.63) is 59.4 Å². The van der Waals surface area contributed by atoms with Crippen molar-refractivity contribution in [1.82, 2.24) is 15.6 Å². The number of nitrogens with zero attached hydrogens (tertiary/aromatic N) is 1. The molecule has 2 aromatic rings. The standard InChI is InChI=1S/C17H16N4O3/c1-10-5-3-8-13(18-10)14(22)19-12-7-4-6-11(9-12)17(2)15(23)20-16(24)21-17/h3-9H,1-2H3,(H,19,22)(H2,20,21,23,24)/t17-/m0/s1. The topological polar surface area (TPSA) is 100 Å². The molecule has 1 aliphatic heterocycles. The van der Waals surface area contributed by atoms with E-state index in [0.717, 1.165) is 5.69 Å². The van der Waals surface area contributed by atoms with Gasteiger partial charge in [-0.3, -0.25) is 14.9 Å². The lowest BCUT2D eigenvalue weighted by molar-refractivity contribution is -0.123. The van der Waals surface area contributed by atoms with Crippen LogP contribution < -0.4 is 16.0 Å². The van der Waals surface area contributed by atoms with E-state index in [1.807, 2.05) is 0 Å². The number of carbonyl (C=O) groups excluding carboxylic acids is 3. The fraction of sp³-hybridized carbons (Fsp3) is 0.176. The van der Waals surface area contributed by atoms with Crippen LogP contribution in [0.5, 0.6) is 0 Å². The molecule has 1 fully saturated rings. The Hall–Kier alpha value is -3.22. The second-order valence-corrected chi connectivity index (χ2v) is 5.73. The number of aryl methyl sites for hydroxylation is 1. The largest absolute Gasteiger partial charge is 0.322 e. The van der Waals surface area contributed by atoms with Gasteiger partial charge in [0.2, 0.25) is 0 Å². The van der Waals surface area contributed by atoms with Gasteiger partial charge in [-0.05, 0) is 43.7 Å². The first kappa shape index (κ1) is 15.7. The van der Waals surface area contributed by atoms with E-state index in [1.165, 1.54) is 0 Å². The molecule has 7 nitrogen and oxygen atoms in total. The Morgan fingerprint density at radius 1 is 1.17 bits per heavy atom. The van der Waals surface area contributed by atoms with Crippen molar-refractivity contribution >= 4 is 23.5 Å². The van der Waals surface area contributed by atoms with Gasteiger partial charge < -0.3 is 10.6 Å². The zero-order chi connectivity index (χ0) is 17.3. The van der Waals surface area contributed by atoms with Gasteiger partial charge in [0.05, 0.1) is 0 Å². The van der Waals surface area contributed by atoms with Crippen LogP contribution in [0.15, 0.2) is 42.5 Å². The first-order valence-electron chi connectivity index (χ1n) is 7.37. The van der Waals surface area contributed by atoms with Crippen LogP contribution in [0, 0.1) is 6.92 Å². The fourth-order valence-corrected chi connectivity index (χ4v) is 2.52. The Balaban J connectivity index is 1.85. The number of carbonyl (C=O) groups is 3. The van der Waals surface area contributed by atoms with Crippen molar-refractivity contribution in [2.24, 2.45) is 0 Å².